The highest BCUT2D eigenvalue weighted by molar-refractivity contribution is 5.96. The predicted octanol–water partition coefficient (Wildman–Crippen LogP) is 0.863. The third-order valence-corrected chi connectivity index (χ3v) is 2.24. The van der Waals surface area contributed by atoms with Crippen LogP contribution in [-0.4, -0.2) is 24.9 Å². The Morgan fingerprint density at radius 1 is 1.39 bits per heavy atom. The summed E-state index contributed by atoms with van der Waals surface area (Å²) in [6.45, 7) is 2.77. The molecule has 1 aromatic carbocycles. The minimum atomic E-state index is -0.672. The van der Waals surface area contributed by atoms with Crippen LogP contribution in [0.3, 0.4) is 0 Å². The maximum absolute atomic E-state index is 13.4. The van der Waals surface area contributed by atoms with E-state index in [-0.39, 0.29) is 23.7 Å². The summed E-state index contributed by atoms with van der Waals surface area (Å²) in [7, 11) is 0. The highest BCUT2D eigenvalue weighted by Gasteiger charge is 2.09. The molecule has 1 rings (SSSR count). The van der Waals surface area contributed by atoms with Gasteiger partial charge in [0.2, 0.25) is 11.8 Å². The summed E-state index contributed by atoms with van der Waals surface area (Å²) in [4.78, 5) is 22.4. The van der Waals surface area contributed by atoms with Gasteiger partial charge in [0, 0.05) is 5.56 Å². The summed E-state index contributed by atoms with van der Waals surface area (Å²) in [5, 5.41) is 5.27. The standard InChI is InChI=1S/C12H16FN3O2/c1-2-5-15-7-11(17)16-10-6-8(12(14)18)3-4-9(10)13/h3-4,6,15H,2,5,7H2,1H3,(H2,14,18)(H,16,17). The molecule has 0 saturated heterocycles. The van der Waals surface area contributed by atoms with Gasteiger partial charge in [-0.1, -0.05) is 6.92 Å². The van der Waals surface area contributed by atoms with Crippen molar-refractivity contribution in [3.63, 3.8) is 0 Å². The number of halogens is 1. The maximum atomic E-state index is 13.4. The zero-order valence-electron chi connectivity index (χ0n) is 10.1. The Morgan fingerprint density at radius 3 is 2.72 bits per heavy atom. The minimum Gasteiger partial charge on any atom is -0.366 e. The van der Waals surface area contributed by atoms with Crippen LogP contribution in [0.1, 0.15) is 23.7 Å². The van der Waals surface area contributed by atoms with Gasteiger partial charge >= 0.3 is 0 Å². The third-order valence-electron chi connectivity index (χ3n) is 2.24. The van der Waals surface area contributed by atoms with E-state index >= 15 is 0 Å². The second-order valence-electron chi connectivity index (χ2n) is 3.78. The summed E-state index contributed by atoms with van der Waals surface area (Å²) in [5.74, 6) is -1.65. The lowest BCUT2D eigenvalue weighted by atomic mass is 10.2. The number of carbonyl (C=O) groups excluding carboxylic acids is 2. The summed E-state index contributed by atoms with van der Waals surface area (Å²) >= 11 is 0. The first-order chi connectivity index (χ1) is 8.54. The Balaban J connectivity index is 2.68. The zero-order valence-corrected chi connectivity index (χ0v) is 10.1. The first-order valence-corrected chi connectivity index (χ1v) is 5.64. The molecule has 1 aromatic rings. The Labute approximate surface area is 105 Å². The van der Waals surface area contributed by atoms with Crippen LogP contribution in [0.15, 0.2) is 18.2 Å². The Morgan fingerprint density at radius 2 is 2.11 bits per heavy atom. The number of hydrogen-bond donors (Lipinski definition) is 3. The highest BCUT2D eigenvalue weighted by atomic mass is 19.1. The van der Waals surface area contributed by atoms with Crippen molar-refractivity contribution in [3.8, 4) is 0 Å². The predicted molar refractivity (Wildman–Crippen MR) is 66.7 cm³/mol. The quantitative estimate of drug-likeness (QED) is 0.657. The lowest BCUT2D eigenvalue weighted by Gasteiger charge is -2.08. The lowest BCUT2D eigenvalue weighted by molar-refractivity contribution is -0.115. The van der Waals surface area contributed by atoms with E-state index in [4.69, 9.17) is 5.73 Å². The molecule has 0 atom stereocenters. The van der Waals surface area contributed by atoms with E-state index in [2.05, 4.69) is 10.6 Å². The number of primary amides is 1. The first kappa shape index (κ1) is 14.1. The average molecular weight is 253 g/mol. The first-order valence-electron chi connectivity index (χ1n) is 5.64. The van der Waals surface area contributed by atoms with Crippen molar-refractivity contribution in [2.75, 3.05) is 18.4 Å². The second-order valence-corrected chi connectivity index (χ2v) is 3.78. The van der Waals surface area contributed by atoms with Gasteiger partial charge in [0.05, 0.1) is 12.2 Å². The third kappa shape index (κ3) is 4.14. The van der Waals surface area contributed by atoms with Gasteiger partial charge in [0.25, 0.3) is 0 Å². The van der Waals surface area contributed by atoms with Crippen molar-refractivity contribution in [2.24, 2.45) is 5.73 Å². The summed E-state index contributed by atoms with van der Waals surface area (Å²) in [6, 6.07) is 3.58. The molecule has 0 saturated carbocycles. The largest absolute Gasteiger partial charge is 0.366 e. The number of anilines is 1. The van der Waals surface area contributed by atoms with Crippen molar-refractivity contribution < 1.29 is 14.0 Å². The van der Waals surface area contributed by atoms with Crippen molar-refractivity contribution >= 4 is 17.5 Å². The van der Waals surface area contributed by atoms with E-state index in [0.29, 0.717) is 6.54 Å². The SMILES string of the molecule is CCCNCC(=O)Nc1cc(C(N)=O)ccc1F. The fourth-order valence-corrected chi connectivity index (χ4v) is 1.35. The topological polar surface area (TPSA) is 84.2 Å². The molecule has 0 bridgehead atoms. The van der Waals surface area contributed by atoms with Crippen molar-refractivity contribution in [2.45, 2.75) is 13.3 Å². The molecule has 0 unspecified atom stereocenters. The van der Waals surface area contributed by atoms with Gasteiger partial charge in [-0.3, -0.25) is 9.59 Å². The zero-order chi connectivity index (χ0) is 13.5. The van der Waals surface area contributed by atoms with E-state index in [1.54, 1.807) is 0 Å². The maximum Gasteiger partial charge on any atom is 0.248 e. The van der Waals surface area contributed by atoms with Crippen LogP contribution in [0, 0.1) is 5.82 Å². The molecule has 4 N–H and O–H groups in total. The van der Waals surface area contributed by atoms with Gasteiger partial charge in [-0.15, -0.1) is 0 Å². The van der Waals surface area contributed by atoms with Gasteiger partial charge in [-0.2, -0.15) is 0 Å². The molecule has 2 amide bonds. The summed E-state index contributed by atoms with van der Waals surface area (Å²) in [5.41, 5.74) is 5.18. The van der Waals surface area contributed by atoms with Crippen LogP contribution in [0.5, 0.6) is 0 Å². The van der Waals surface area contributed by atoms with Crippen LogP contribution < -0.4 is 16.4 Å². The Hall–Kier alpha value is -1.95. The molecule has 0 aliphatic heterocycles. The number of amides is 2. The monoisotopic (exact) mass is 253 g/mol. The number of nitrogens with two attached hydrogens (primary N) is 1. The molecule has 0 aliphatic carbocycles. The van der Waals surface area contributed by atoms with Crippen molar-refractivity contribution in [1.29, 1.82) is 0 Å². The van der Waals surface area contributed by atoms with Crippen LogP contribution in [-0.2, 0) is 4.79 Å². The molecule has 18 heavy (non-hydrogen) atoms. The highest BCUT2D eigenvalue weighted by Crippen LogP contribution is 2.15. The average Bonchev–Trinajstić information content (AvgIpc) is 2.32. The van der Waals surface area contributed by atoms with E-state index < -0.39 is 11.7 Å². The normalized spacial score (nSPS) is 10.1. The van der Waals surface area contributed by atoms with Crippen LogP contribution >= 0.6 is 0 Å². The van der Waals surface area contributed by atoms with E-state index in [1.807, 2.05) is 6.92 Å². The van der Waals surface area contributed by atoms with Crippen molar-refractivity contribution in [1.82, 2.24) is 5.32 Å². The van der Waals surface area contributed by atoms with E-state index in [1.165, 1.54) is 12.1 Å². The Bertz CT molecular complexity index is 449. The molecule has 0 spiro atoms. The second kappa shape index (κ2) is 6.70. The molecular weight excluding hydrogens is 237 g/mol. The fraction of sp³-hybridized carbons (Fsp3) is 0.333. The van der Waals surface area contributed by atoms with E-state index in [0.717, 1.165) is 12.5 Å². The number of carbonyl (C=O) groups is 2. The molecule has 0 heterocycles. The van der Waals surface area contributed by atoms with Crippen LogP contribution in [0.25, 0.3) is 0 Å². The summed E-state index contributed by atoms with van der Waals surface area (Å²) < 4.78 is 13.4. The van der Waals surface area contributed by atoms with Gasteiger partial charge in [-0.25, -0.2) is 4.39 Å². The minimum absolute atomic E-state index is 0.0467. The summed E-state index contributed by atoms with van der Waals surface area (Å²) in [6.07, 6.45) is 0.902. The van der Waals surface area contributed by atoms with Crippen LogP contribution in [0.4, 0.5) is 10.1 Å². The molecule has 0 radical (unpaired) electrons. The molecule has 0 fully saturated rings. The van der Waals surface area contributed by atoms with Gasteiger partial charge in [-0.05, 0) is 31.2 Å². The molecule has 0 aliphatic rings. The number of rotatable bonds is 6. The van der Waals surface area contributed by atoms with E-state index in [9.17, 15) is 14.0 Å². The molecular formula is C12H16FN3O2. The van der Waals surface area contributed by atoms with Crippen LogP contribution in [0.2, 0.25) is 0 Å². The van der Waals surface area contributed by atoms with Gasteiger partial charge in [0.15, 0.2) is 0 Å². The molecule has 6 heteroatoms. The number of hydrogen-bond acceptors (Lipinski definition) is 3. The number of nitrogens with one attached hydrogen (secondary N) is 2. The fourth-order valence-electron chi connectivity index (χ4n) is 1.35. The molecule has 5 nitrogen and oxygen atoms in total. The van der Waals surface area contributed by atoms with Gasteiger partial charge < -0.3 is 16.4 Å². The Kier molecular flexibility index (Phi) is 5.26. The van der Waals surface area contributed by atoms with Gasteiger partial charge in [0.1, 0.15) is 5.82 Å². The smallest absolute Gasteiger partial charge is 0.248 e. The molecule has 98 valence electrons. The lowest BCUT2D eigenvalue weighted by Crippen LogP contribution is -2.29. The number of benzene rings is 1. The van der Waals surface area contributed by atoms with Crippen molar-refractivity contribution in [3.05, 3.63) is 29.6 Å². The molecule has 0 aromatic heterocycles.